The molecule has 1 fully saturated rings. The molecule has 28 heavy (non-hydrogen) atoms. The van der Waals surface area contributed by atoms with Gasteiger partial charge in [0.2, 0.25) is 0 Å². The van der Waals surface area contributed by atoms with Crippen molar-refractivity contribution >= 4 is 23.4 Å². The molecule has 2 aromatic rings. The predicted octanol–water partition coefficient (Wildman–Crippen LogP) is 2.50. The highest BCUT2D eigenvalue weighted by Gasteiger charge is 2.23. The zero-order chi connectivity index (χ0) is 20.1. The lowest BCUT2D eigenvalue weighted by molar-refractivity contribution is -0.133. The first-order valence-corrected chi connectivity index (χ1v) is 9.56. The Morgan fingerprint density at radius 3 is 2.43 bits per heavy atom. The Morgan fingerprint density at radius 1 is 1.07 bits per heavy atom. The van der Waals surface area contributed by atoms with Gasteiger partial charge in [0.05, 0.1) is 6.20 Å². The lowest BCUT2D eigenvalue weighted by Crippen LogP contribution is -2.39. The van der Waals surface area contributed by atoms with Crippen LogP contribution in [0, 0.1) is 13.8 Å². The van der Waals surface area contributed by atoms with Crippen LogP contribution < -0.4 is 4.74 Å². The summed E-state index contributed by atoms with van der Waals surface area (Å²) in [4.78, 5) is 36.5. The fourth-order valence-electron chi connectivity index (χ4n) is 3.17. The maximum atomic E-state index is 12.6. The van der Waals surface area contributed by atoms with E-state index in [0.29, 0.717) is 49.1 Å². The first-order chi connectivity index (χ1) is 13.5. The smallest absolute Gasteiger partial charge is 0.274 e. The minimum atomic E-state index is -0.161. The molecule has 8 heteroatoms. The van der Waals surface area contributed by atoms with Gasteiger partial charge in [0.25, 0.3) is 11.8 Å². The van der Waals surface area contributed by atoms with Crippen molar-refractivity contribution in [3.63, 3.8) is 0 Å². The van der Waals surface area contributed by atoms with E-state index in [2.05, 4.69) is 9.97 Å². The molecule has 2 heterocycles. The Balaban J connectivity index is 1.55. The molecule has 0 spiro atoms. The monoisotopic (exact) mass is 402 g/mol. The van der Waals surface area contributed by atoms with Gasteiger partial charge in [-0.3, -0.25) is 14.6 Å². The third-order valence-electron chi connectivity index (χ3n) is 4.69. The van der Waals surface area contributed by atoms with Crippen molar-refractivity contribution in [1.29, 1.82) is 0 Å². The van der Waals surface area contributed by atoms with E-state index in [4.69, 9.17) is 16.3 Å². The SMILES string of the molecule is Cc1cc(OCC(=O)N2CCCN(C(=O)c3cnccn3)CC2)cc(C)c1Cl. The third-order valence-corrected chi connectivity index (χ3v) is 5.29. The standard InChI is InChI=1S/C20H23ClN4O3/c1-14-10-16(11-15(2)19(14)21)28-13-18(26)24-6-3-7-25(9-8-24)20(27)17-12-22-4-5-23-17/h4-5,10-12H,3,6-9,13H2,1-2H3. The second-order valence-electron chi connectivity index (χ2n) is 6.78. The zero-order valence-corrected chi connectivity index (χ0v) is 16.8. The predicted molar refractivity (Wildman–Crippen MR) is 106 cm³/mol. The number of nitrogens with zero attached hydrogens (tertiary/aromatic N) is 4. The average molecular weight is 403 g/mol. The summed E-state index contributed by atoms with van der Waals surface area (Å²) >= 11 is 6.16. The molecule has 1 aromatic heterocycles. The fraction of sp³-hybridized carbons (Fsp3) is 0.400. The van der Waals surface area contributed by atoms with Crippen LogP contribution in [-0.4, -0.2) is 64.4 Å². The number of aromatic nitrogens is 2. The Kier molecular flexibility index (Phi) is 6.46. The van der Waals surface area contributed by atoms with Gasteiger partial charge in [0, 0.05) is 43.6 Å². The second-order valence-corrected chi connectivity index (χ2v) is 7.15. The molecule has 1 aromatic carbocycles. The van der Waals surface area contributed by atoms with E-state index in [-0.39, 0.29) is 18.4 Å². The van der Waals surface area contributed by atoms with Crippen LogP contribution in [0.3, 0.4) is 0 Å². The Hall–Kier alpha value is -2.67. The van der Waals surface area contributed by atoms with Gasteiger partial charge < -0.3 is 14.5 Å². The molecule has 148 valence electrons. The van der Waals surface area contributed by atoms with Crippen molar-refractivity contribution in [3.8, 4) is 5.75 Å². The number of benzene rings is 1. The quantitative estimate of drug-likeness (QED) is 0.785. The van der Waals surface area contributed by atoms with E-state index in [1.54, 1.807) is 9.80 Å². The van der Waals surface area contributed by atoms with E-state index in [0.717, 1.165) is 11.1 Å². The minimum Gasteiger partial charge on any atom is -0.484 e. The van der Waals surface area contributed by atoms with Gasteiger partial charge >= 0.3 is 0 Å². The highest BCUT2D eigenvalue weighted by atomic mass is 35.5. The summed E-state index contributed by atoms with van der Waals surface area (Å²) in [5, 5.41) is 0.707. The van der Waals surface area contributed by atoms with E-state index in [9.17, 15) is 9.59 Å². The van der Waals surface area contributed by atoms with Crippen LogP contribution >= 0.6 is 11.6 Å². The summed E-state index contributed by atoms with van der Waals surface area (Å²) in [5.74, 6) is 0.367. The summed E-state index contributed by atoms with van der Waals surface area (Å²) < 4.78 is 5.67. The van der Waals surface area contributed by atoms with Gasteiger partial charge in [-0.1, -0.05) is 11.6 Å². The molecule has 1 saturated heterocycles. The Bertz CT molecular complexity index is 837. The molecule has 0 unspecified atom stereocenters. The minimum absolute atomic E-state index is 0.0430. The van der Waals surface area contributed by atoms with E-state index < -0.39 is 0 Å². The molecule has 0 bridgehead atoms. The van der Waals surface area contributed by atoms with Crippen LogP contribution in [0.1, 0.15) is 28.0 Å². The molecule has 2 amide bonds. The Morgan fingerprint density at radius 2 is 1.75 bits per heavy atom. The number of rotatable bonds is 4. The van der Waals surface area contributed by atoms with E-state index >= 15 is 0 Å². The van der Waals surface area contributed by atoms with Gasteiger partial charge in [-0.15, -0.1) is 0 Å². The first kappa shape index (κ1) is 20.1. The van der Waals surface area contributed by atoms with Crippen LogP contribution in [0.15, 0.2) is 30.7 Å². The van der Waals surface area contributed by atoms with Crippen LogP contribution in [0.25, 0.3) is 0 Å². The highest BCUT2D eigenvalue weighted by molar-refractivity contribution is 6.32. The summed E-state index contributed by atoms with van der Waals surface area (Å²) in [6, 6.07) is 3.65. The molecule has 0 saturated carbocycles. The van der Waals surface area contributed by atoms with Gasteiger partial charge in [0.1, 0.15) is 11.4 Å². The van der Waals surface area contributed by atoms with Crippen LogP contribution in [0.2, 0.25) is 5.02 Å². The molecular formula is C20H23ClN4O3. The number of aryl methyl sites for hydroxylation is 2. The van der Waals surface area contributed by atoms with E-state index in [1.165, 1.54) is 18.6 Å². The lowest BCUT2D eigenvalue weighted by atomic mass is 10.1. The maximum absolute atomic E-state index is 12.6. The van der Waals surface area contributed by atoms with Crippen LogP contribution in [0.5, 0.6) is 5.75 Å². The van der Waals surface area contributed by atoms with Crippen LogP contribution in [-0.2, 0) is 4.79 Å². The van der Waals surface area contributed by atoms with Crippen molar-refractivity contribution in [3.05, 3.63) is 52.6 Å². The normalized spacial score (nSPS) is 14.5. The topological polar surface area (TPSA) is 75.6 Å². The Labute approximate surface area is 169 Å². The van der Waals surface area contributed by atoms with Crippen molar-refractivity contribution in [2.24, 2.45) is 0 Å². The number of hydrogen-bond acceptors (Lipinski definition) is 5. The number of halogens is 1. The first-order valence-electron chi connectivity index (χ1n) is 9.18. The summed E-state index contributed by atoms with van der Waals surface area (Å²) in [7, 11) is 0. The molecule has 0 N–H and O–H groups in total. The largest absolute Gasteiger partial charge is 0.484 e. The molecule has 0 radical (unpaired) electrons. The number of amides is 2. The van der Waals surface area contributed by atoms with Gasteiger partial charge in [-0.2, -0.15) is 0 Å². The third kappa shape index (κ3) is 4.78. The van der Waals surface area contributed by atoms with Gasteiger partial charge in [-0.05, 0) is 43.5 Å². The van der Waals surface area contributed by atoms with Crippen molar-refractivity contribution in [2.45, 2.75) is 20.3 Å². The number of carbonyl (C=O) groups is 2. The van der Waals surface area contributed by atoms with Gasteiger partial charge in [-0.25, -0.2) is 4.98 Å². The number of carbonyl (C=O) groups excluding carboxylic acids is 2. The summed E-state index contributed by atoms with van der Waals surface area (Å²) in [5.41, 5.74) is 2.15. The second kappa shape index (κ2) is 9.01. The van der Waals surface area contributed by atoms with Crippen molar-refractivity contribution in [2.75, 3.05) is 32.8 Å². The lowest BCUT2D eigenvalue weighted by Gasteiger charge is -2.22. The van der Waals surface area contributed by atoms with Crippen molar-refractivity contribution in [1.82, 2.24) is 19.8 Å². The average Bonchev–Trinajstić information content (AvgIpc) is 2.96. The highest BCUT2D eigenvalue weighted by Crippen LogP contribution is 2.25. The van der Waals surface area contributed by atoms with E-state index in [1.807, 2.05) is 26.0 Å². The summed E-state index contributed by atoms with van der Waals surface area (Å²) in [6.07, 6.45) is 5.19. The molecular weight excluding hydrogens is 380 g/mol. The summed E-state index contributed by atoms with van der Waals surface area (Å²) in [6.45, 7) is 5.86. The molecule has 0 atom stereocenters. The molecule has 1 aliphatic rings. The molecule has 1 aliphatic heterocycles. The molecule has 3 rings (SSSR count). The van der Waals surface area contributed by atoms with Gasteiger partial charge in [0.15, 0.2) is 6.61 Å². The maximum Gasteiger partial charge on any atom is 0.274 e. The van der Waals surface area contributed by atoms with Crippen LogP contribution in [0.4, 0.5) is 0 Å². The van der Waals surface area contributed by atoms with Crippen molar-refractivity contribution < 1.29 is 14.3 Å². The molecule has 0 aliphatic carbocycles. The number of ether oxygens (including phenoxy) is 1. The molecule has 7 nitrogen and oxygen atoms in total. The zero-order valence-electron chi connectivity index (χ0n) is 16.0. The fourth-order valence-corrected chi connectivity index (χ4v) is 3.28. The number of hydrogen-bond donors (Lipinski definition) is 0.